The molecular formula is C13H20N2O2. The van der Waals surface area contributed by atoms with E-state index in [1.54, 1.807) is 14.2 Å². The number of hydrogen-bond donors (Lipinski definition) is 2. The standard InChI is InChI=1S/C13H20N2O2/c1-10(13(16)14-2)15-9-8-11-4-6-12(17-3)7-5-11/h4-7,10,15H,8-9H2,1-3H3,(H,14,16). The Morgan fingerprint density at radius 2 is 2.00 bits per heavy atom. The molecule has 1 amide bonds. The van der Waals surface area contributed by atoms with Gasteiger partial charge in [-0.15, -0.1) is 0 Å². The van der Waals surface area contributed by atoms with Crippen molar-refractivity contribution in [3.05, 3.63) is 29.8 Å². The van der Waals surface area contributed by atoms with Gasteiger partial charge in [0, 0.05) is 7.05 Å². The fourth-order valence-electron chi connectivity index (χ4n) is 1.53. The smallest absolute Gasteiger partial charge is 0.236 e. The number of methoxy groups -OCH3 is 1. The number of benzene rings is 1. The molecule has 0 aliphatic heterocycles. The first-order valence-corrected chi connectivity index (χ1v) is 5.75. The van der Waals surface area contributed by atoms with Crippen molar-refractivity contribution in [2.24, 2.45) is 0 Å². The summed E-state index contributed by atoms with van der Waals surface area (Å²) in [5.41, 5.74) is 1.22. The van der Waals surface area contributed by atoms with Gasteiger partial charge in [-0.25, -0.2) is 0 Å². The first kappa shape index (κ1) is 13.5. The van der Waals surface area contributed by atoms with Crippen LogP contribution < -0.4 is 15.4 Å². The fourth-order valence-corrected chi connectivity index (χ4v) is 1.53. The molecule has 0 aromatic heterocycles. The van der Waals surface area contributed by atoms with Gasteiger partial charge in [0.1, 0.15) is 5.75 Å². The molecule has 4 heteroatoms. The van der Waals surface area contributed by atoms with E-state index in [9.17, 15) is 4.79 Å². The predicted octanol–water partition coefficient (Wildman–Crippen LogP) is 0.962. The second-order valence-corrected chi connectivity index (χ2v) is 3.89. The normalized spacial score (nSPS) is 11.9. The average molecular weight is 236 g/mol. The third-order valence-electron chi connectivity index (χ3n) is 2.66. The number of carbonyl (C=O) groups is 1. The molecule has 0 aliphatic carbocycles. The Balaban J connectivity index is 2.33. The number of carbonyl (C=O) groups excluding carboxylic acids is 1. The Hall–Kier alpha value is -1.55. The summed E-state index contributed by atoms with van der Waals surface area (Å²) in [5.74, 6) is 0.875. The molecule has 4 nitrogen and oxygen atoms in total. The highest BCUT2D eigenvalue weighted by molar-refractivity contribution is 5.80. The molecule has 1 rings (SSSR count). The van der Waals surface area contributed by atoms with E-state index in [-0.39, 0.29) is 11.9 Å². The molecule has 0 spiro atoms. The lowest BCUT2D eigenvalue weighted by Crippen LogP contribution is -2.41. The van der Waals surface area contributed by atoms with Crippen molar-refractivity contribution in [1.29, 1.82) is 0 Å². The van der Waals surface area contributed by atoms with E-state index in [1.165, 1.54) is 5.56 Å². The van der Waals surface area contributed by atoms with Crippen LogP contribution in [-0.2, 0) is 11.2 Å². The topological polar surface area (TPSA) is 50.4 Å². The number of hydrogen-bond acceptors (Lipinski definition) is 3. The zero-order valence-electron chi connectivity index (χ0n) is 10.6. The number of ether oxygens (including phenoxy) is 1. The third-order valence-corrected chi connectivity index (χ3v) is 2.66. The Morgan fingerprint density at radius 3 is 2.53 bits per heavy atom. The van der Waals surface area contributed by atoms with Gasteiger partial charge in [0.15, 0.2) is 0 Å². The van der Waals surface area contributed by atoms with Crippen LogP contribution in [0.1, 0.15) is 12.5 Å². The van der Waals surface area contributed by atoms with Crippen LogP contribution in [-0.4, -0.2) is 32.7 Å². The van der Waals surface area contributed by atoms with Crippen LogP contribution in [0.5, 0.6) is 5.75 Å². The van der Waals surface area contributed by atoms with Crippen LogP contribution in [0, 0.1) is 0 Å². The van der Waals surface area contributed by atoms with E-state index >= 15 is 0 Å². The Labute approximate surface area is 102 Å². The van der Waals surface area contributed by atoms with Crippen molar-refractivity contribution in [2.75, 3.05) is 20.7 Å². The van der Waals surface area contributed by atoms with Gasteiger partial charge in [-0.3, -0.25) is 4.79 Å². The molecule has 1 aromatic carbocycles. The lowest BCUT2D eigenvalue weighted by atomic mass is 10.1. The number of nitrogens with one attached hydrogen (secondary N) is 2. The molecule has 0 heterocycles. The molecule has 0 saturated heterocycles. The summed E-state index contributed by atoms with van der Waals surface area (Å²) in [5, 5.41) is 5.78. The minimum absolute atomic E-state index is 0.0136. The van der Waals surface area contributed by atoms with Crippen LogP contribution in [0.3, 0.4) is 0 Å². The lowest BCUT2D eigenvalue weighted by molar-refractivity contribution is -0.122. The quantitative estimate of drug-likeness (QED) is 0.773. The van der Waals surface area contributed by atoms with Crippen molar-refractivity contribution in [1.82, 2.24) is 10.6 Å². The van der Waals surface area contributed by atoms with Crippen molar-refractivity contribution in [3.8, 4) is 5.75 Å². The zero-order chi connectivity index (χ0) is 12.7. The van der Waals surface area contributed by atoms with Crippen LogP contribution in [0.4, 0.5) is 0 Å². The maximum Gasteiger partial charge on any atom is 0.236 e. The second-order valence-electron chi connectivity index (χ2n) is 3.89. The molecule has 0 fully saturated rings. The van der Waals surface area contributed by atoms with Crippen molar-refractivity contribution in [2.45, 2.75) is 19.4 Å². The highest BCUT2D eigenvalue weighted by Crippen LogP contribution is 2.11. The van der Waals surface area contributed by atoms with Crippen LogP contribution in [0.15, 0.2) is 24.3 Å². The van der Waals surface area contributed by atoms with E-state index in [2.05, 4.69) is 10.6 Å². The van der Waals surface area contributed by atoms with E-state index in [0.717, 1.165) is 18.7 Å². The van der Waals surface area contributed by atoms with Gasteiger partial charge in [-0.1, -0.05) is 12.1 Å². The van der Waals surface area contributed by atoms with Gasteiger partial charge in [-0.05, 0) is 37.6 Å². The minimum Gasteiger partial charge on any atom is -0.497 e. The third kappa shape index (κ3) is 4.44. The molecule has 1 atom stereocenters. The van der Waals surface area contributed by atoms with E-state index in [1.807, 2.05) is 31.2 Å². The molecule has 94 valence electrons. The highest BCUT2D eigenvalue weighted by Gasteiger charge is 2.08. The molecular weight excluding hydrogens is 216 g/mol. The maximum atomic E-state index is 11.2. The van der Waals surface area contributed by atoms with Gasteiger partial charge in [0.2, 0.25) is 5.91 Å². The zero-order valence-corrected chi connectivity index (χ0v) is 10.6. The highest BCUT2D eigenvalue weighted by atomic mass is 16.5. The predicted molar refractivity (Wildman–Crippen MR) is 68.2 cm³/mol. The number of amides is 1. The summed E-state index contributed by atoms with van der Waals surface area (Å²) >= 11 is 0. The van der Waals surface area contributed by atoms with Gasteiger partial charge < -0.3 is 15.4 Å². The Morgan fingerprint density at radius 1 is 1.35 bits per heavy atom. The van der Waals surface area contributed by atoms with E-state index in [0.29, 0.717) is 0 Å². The monoisotopic (exact) mass is 236 g/mol. The molecule has 1 unspecified atom stereocenters. The Bertz CT molecular complexity index is 349. The summed E-state index contributed by atoms with van der Waals surface area (Å²) in [7, 11) is 3.30. The van der Waals surface area contributed by atoms with Gasteiger partial charge in [-0.2, -0.15) is 0 Å². The molecule has 0 saturated carbocycles. The van der Waals surface area contributed by atoms with Crippen LogP contribution in [0.2, 0.25) is 0 Å². The first-order valence-electron chi connectivity index (χ1n) is 5.75. The number of rotatable bonds is 6. The first-order chi connectivity index (χ1) is 8.17. The van der Waals surface area contributed by atoms with Crippen molar-refractivity contribution >= 4 is 5.91 Å². The Kier molecular flexibility index (Phi) is 5.49. The summed E-state index contributed by atoms with van der Waals surface area (Å²) in [6.07, 6.45) is 0.894. The molecule has 0 aliphatic rings. The SMILES string of the molecule is CNC(=O)C(C)NCCc1ccc(OC)cc1. The van der Waals surface area contributed by atoms with Crippen molar-refractivity contribution < 1.29 is 9.53 Å². The minimum atomic E-state index is -0.154. The van der Waals surface area contributed by atoms with Gasteiger partial charge in [0.25, 0.3) is 0 Å². The van der Waals surface area contributed by atoms with Crippen molar-refractivity contribution in [3.63, 3.8) is 0 Å². The average Bonchev–Trinajstić information content (AvgIpc) is 2.38. The summed E-state index contributed by atoms with van der Waals surface area (Å²) in [6.45, 7) is 2.63. The second kappa shape index (κ2) is 6.91. The van der Waals surface area contributed by atoms with Crippen LogP contribution in [0.25, 0.3) is 0 Å². The van der Waals surface area contributed by atoms with E-state index < -0.39 is 0 Å². The summed E-state index contributed by atoms with van der Waals surface area (Å²) < 4.78 is 5.09. The van der Waals surface area contributed by atoms with Gasteiger partial charge in [0.05, 0.1) is 13.2 Å². The summed E-state index contributed by atoms with van der Waals surface area (Å²) in [6, 6.07) is 7.80. The fraction of sp³-hybridized carbons (Fsp3) is 0.462. The molecule has 1 aromatic rings. The van der Waals surface area contributed by atoms with Crippen LogP contribution >= 0.6 is 0 Å². The van der Waals surface area contributed by atoms with E-state index in [4.69, 9.17) is 4.74 Å². The largest absolute Gasteiger partial charge is 0.497 e. The lowest BCUT2D eigenvalue weighted by Gasteiger charge is -2.12. The molecule has 0 bridgehead atoms. The number of likely N-dealkylation sites (N-methyl/N-ethyl adjacent to an activating group) is 1. The maximum absolute atomic E-state index is 11.2. The molecule has 0 radical (unpaired) electrons. The molecule has 2 N–H and O–H groups in total. The molecule has 17 heavy (non-hydrogen) atoms. The van der Waals surface area contributed by atoms with Gasteiger partial charge >= 0.3 is 0 Å². The summed E-state index contributed by atoms with van der Waals surface area (Å²) in [4.78, 5) is 11.2.